The zero-order valence-electron chi connectivity index (χ0n) is 15.0. The van der Waals surface area contributed by atoms with Crippen molar-refractivity contribution in [3.8, 4) is 10.8 Å². The quantitative estimate of drug-likeness (QED) is 0.607. The van der Waals surface area contributed by atoms with Crippen LogP contribution in [0, 0.1) is 12.7 Å². The number of carbonyl (C=O) groups excluding carboxylic acids is 1. The molecular formula is C18H13F4NO5S. The molecule has 0 aliphatic carbocycles. The van der Waals surface area contributed by atoms with E-state index in [1.165, 1.54) is 20.1 Å². The molecule has 0 radical (unpaired) electrons. The number of fused-ring (bicyclic) bond motifs is 1. The molecule has 1 N–H and O–H groups in total. The molecular weight excluding hydrogens is 418 g/mol. The molecule has 29 heavy (non-hydrogen) atoms. The van der Waals surface area contributed by atoms with Crippen LogP contribution in [0.1, 0.15) is 20.9 Å². The number of aliphatic carboxylic acids is 1. The number of hydrogen-bond donors (Lipinski definition) is 1. The Labute approximate surface area is 164 Å². The molecule has 0 saturated carbocycles. The molecule has 0 spiro atoms. The van der Waals surface area contributed by atoms with Crippen molar-refractivity contribution >= 4 is 34.1 Å². The zero-order valence-corrected chi connectivity index (χ0v) is 15.8. The van der Waals surface area contributed by atoms with E-state index in [-0.39, 0.29) is 27.4 Å². The molecule has 11 heteroatoms. The summed E-state index contributed by atoms with van der Waals surface area (Å²) in [4.78, 5) is 24.1. The Balaban J connectivity index is 2.15. The minimum atomic E-state index is -4.91. The Morgan fingerprint density at radius 3 is 2.52 bits per heavy atom. The third-order valence-electron chi connectivity index (χ3n) is 4.15. The summed E-state index contributed by atoms with van der Waals surface area (Å²) in [6, 6.07) is 4.45. The van der Waals surface area contributed by atoms with Crippen LogP contribution in [0.25, 0.3) is 10.9 Å². The van der Waals surface area contributed by atoms with Gasteiger partial charge in [0, 0.05) is 17.1 Å². The molecule has 0 bridgehead atoms. The van der Waals surface area contributed by atoms with E-state index in [9.17, 15) is 32.3 Å². The van der Waals surface area contributed by atoms with Crippen LogP contribution in [0.15, 0.2) is 24.3 Å². The van der Waals surface area contributed by atoms with Gasteiger partial charge in [-0.3, -0.25) is 14.2 Å². The van der Waals surface area contributed by atoms with Crippen molar-refractivity contribution in [3.63, 3.8) is 0 Å². The molecule has 2 heterocycles. The first kappa shape index (κ1) is 20.6. The summed E-state index contributed by atoms with van der Waals surface area (Å²) in [5.41, 5.74) is 0.572. The van der Waals surface area contributed by atoms with E-state index in [0.717, 1.165) is 22.8 Å². The van der Waals surface area contributed by atoms with Crippen molar-refractivity contribution in [2.75, 3.05) is 7.11 Å². The van der Waals surface area contributed by atoms with Gasteiger partial charge in [-0.25, -0.2) is 4.39 Å². The van der Waals surface area contributed by atoms with Crippen molar-refractivity contribution in [1.29, 1.82) is 0 Å². The van der Waals surface area contributed by atoms with Crippen LogP contribution in [0.3, 0.4) is 0 Å². The van der Waals surface area contributed by atoms with E-state index >= 15 is 0 Å². The van der Waals surface area contributed by atoms with Gasteiger partial charge in [-0.15, -0.1) is 13.2 Å². The Bertz CT molecular complexity index is 1120. The first-order valence-corrected chi connectivity index (χ1v) is 8.83. The van der Waals surface area contributed by atoms with Crippen LogP contribution in [0.4, 0.5) is 17.6 Å². The zero-order chi connectivity index (χ0) is 21.5. The van der Waals surface area contributed by atoms with E-state index in [0.29, 0.717) is 16.7 Å². The van der Waals surface area contributed by atoms with Gasteiger partial charge in [-0.1, -0.05) is 11.3 Å². The molecule has 3 aromatic rings. The summed E-state index contributed by atoms with van der Waals surface area (Å²) in [5.74, 6) is -2.82. The van der Waals surface area contributed by atoms with Crippen LogP contribution in [-0.4, -0.2) is 35.0 Å². The third-order valence-corrected chi connectivity index (χ3v) is 5.10. The number of hydrogen-bond acceptors (Lipinski definition) is 5. The highest BCUT2D eigenvalue weighted by Gasteiger charge is 2.32. The lowest BCUT2D eigenvalue weighted by atomic mass is 10.1. The van der Waals surface area contributed by atoms with Crippen molar-refractivity contribution in [3.05, 3.63) is 46.2 Å². The Morgan fingerprint density at radius 1 is 1.24 bits per heavy atom. The SMILES string of the molecule is COc1cc2c(CC(=O)O)c(C)n(C(=O)c3ccc(OC(F)(F)F)s3)c2cc1F. The van der Waals surface area contributed by atoms with Crippen LogP contribution in [-0.2, 0) is 11.2 Å². The molecule has 154 valence electrons. The first-order chi connectivity index (χ1) is 13.5. The Hall–Kier alpha value is -3.08. The third kappa shape index (κ3) is 4.04. The monoisotopic (exact) mass is 431 g/mol. The van der Waals surface area contributed by atoms with E-state index in [1.807, 2.05) is 0 Å². The normalized spacial score (nSPS) is 11.7. The molecule has 0 unspecified atom stereocenters. The summed E-state index contributed by atoms with van der Waals surface area (Å²) >= 11 is 0.468. The minimum Gasteiger partial charge on any atom is -0.494 e. The average Bonchev–Trinajstić information content (AvgIpc) is 3.15. The molecule has 6 nitrogen and oxygen atoms in total. The number of benzene rings is 1. The second-order valence-electron chi connectivity index (χ2n) is 5.95. The first-order valence-electron chi connectivity index (χ1n) is 8.01. The molecule has 1 aromatic carbocycles. The molecule has 3 rings (SSSR count). The van der Waals surface area contributed by atoms with Gasteiger partial charge in [0.25, 0.3) is 5.91 Å². The van der Waals surface area contributed by atoms with Gasteiger partial charge in [0.15, 0.2) is 16.6 Å². The topological polar surface area (TPSA) is 77.8 Å². The smallest absolute Gasteiger partial charge is 0.494 e. The standard InChI is InChI=1S/C18H13F4NO5S/c1-8-9(6-15(24)25)10-5-13(27-2)11(19)7-12(10)23(8)17(26)14-3-4-16(29-14)28-18(20,21)22/h3-5,7H,6H2,1-2H3,(H,24,25). The fourth-order valence-corrected chi connectivity index (χ4v) is 3.79. The van der Waals surface area contributed by atoms with E-state index in [2.05, 4.69) is 4.74 Å². The Kier molecular flexibility index (Phi) is 5.26. The van der Waals surface area contributed by atoms with Crippen LogP contribution in [0.2, 0.25) is 0 Å². The summed E-state index contributed by atoms with van der Waals surface area (Å²) in [6.45, 7) is 1.47. The maximum atomic E-state index is 14.3. The molecule has 0 aliphatic rings. The number of nitrogens with zero attached hydrogens (tertiary/aromatic N) is 1. The highest BCUT2D eigenvalue weighted by Crippen LogP contribution is 2.35. The highest BCUT2D eigenvalue weighted by atomic mass is 32.1. The molecule has 0 amide bonds. The summed E-state index contributed by atoms with van der Waals surface area (Å²) in [5, 5.41) is 8.95. The Morgan fingerprint density at radius 2 is 1.93 bits per heavy atom. The van der Waals surface area contributed by atoms with Gasteiger partial charge in [0.05, 0.1) is 23.9 Å². The van der Waals surface area contributed by atoms with E-state index < -0.39 is 35.5 Å². The number of rotatable bonds is 5. The van der Waals surface area contributed by atoms with Gasteiger partial charge < -0.3 is 14.6 Å². The van der Waals surface area contributed by atoms with Crippen molar-refractivity contribution in [2.24, 2.45) is 0 Å². The lowest BCUT2D eigenvalue weighted by Crippen LogP contribution is -2.16. The number of alkyl halides is 3. The number of thiophene rings is 1. The second-order valence-corrected chi connectivity index (χ2v) is 6.99. The van der Waals surface area contributed by atoms with Gasteiger partial charge in [0.1, 0.15) is 0 Å². The summed E-state index contributed by atoms with van der Waals surface area (Å²) < 4.78 is 61.2. The largest absolute Gasteiger partial charge is 0.573 e. The number of carboxylic acids is 1. The van der Waals surface area contributed by atoms with Crippen molar-refractivity contribution in [1.82, 2.24) is 4.57 Å². The maximum absolute atomic E-state index is 14.3. The lowest BCUT2D eigenvalue weighted by Gasteiger charge is -2.07. The lowest BCUT2D eigenvalue weighted by molar-refractivity contribution is -0.273. The number of aromatic nitrogens is 1. The van der Waals surface area contributed by atoms with Gasteiger partial charge in [-0.05, 0) is 30.7 Å². The summed E-state index contributed by atoms with van der Waals surface area (Å²) in [6.07, 6.45) is -5.35. The van der Waals surface area contributed by atoms with Gasteiger partial charge in [-0.2, -0.15) is 0 Å². The average molecular weight is 431 g/mol. The highest BCUT2D eigenvalue weighted by molar-refractivity contribution is 7.15. The van der Waals surface area contributed by atoms with Crippen LogP contribution >= 0.6 is 11.3 Å². The number of halogens is 4. The number of methoxy groups -OCH3 is 1. The fraction of sp³-hybridized carbons (Fsp3) is 0.222. The molecule has 0 saturated heterocycles. The number of carboxylic acid groups (broad SMARTS) is 1. The molecule has 2 aromatic heterocycles. The minimum absolute atomic E-state index is 0.0775. The maximum Gasteiger partial charge on any atom is 0.573 e. The predicted octanol–water partition coefficient (Wildman–Crippen LogP) is 4.37. The van der Waals surface area contributed by atoms with E-state index in [4.69, 9.17) is 4.74 Å². The predicted molar refractivity (Wildman–Crippen MR) is 95.3 cm³/mol. The molecule has 0 fully saturated rings. The van der Waals surface area contributed by atoms with E-state index in [1.54, 1.807) is 0 Å². The van der Waals surface area contributed by atoms with Crippen molar-refractivity contribution in [2.45, 2.75) is 19.7 Å². The number of carbonyl (C=O) groups is 2. The summed E-state index contributed by atoms with van der Waals surface area (Å²) in [7, 11) is 1.24. The van der Waals surface area contributed by atoms with Crippen molar-refractivity contribution < 1.29 is 41.7 Å². The fourth-order valence-electron chi connectivity index (χ4n) is 2.99. The number of ether oxygens (including phenoxy) is 2. The molecule has 0 atom stereocenters. The van der Waals surface area contributed by atoms with Gasteiger partial charge in [0.2, 0.25) is 0 Å². The van der Waals surface area contributed by atoms with Crippen LogP contribution in [0.5, 0.6) is 10.8 Å². The molecule has 0 aliphatic heterocycles. The van der Waals surface area contributed by atoms with Gasteiger partial charge >= 0.3 is 12.3 Å². The second kappa shape index (κ2) is 7.39. The van der Waals surface area contributed by atoms with Crippen LogP contribution < -0.4 is 9.47 Å².